The molecule has 11 heavy (non-hydrogen) atoms. The molecule has 5 heteroatoms. The van der Waals surface area contributed by atoms with Gasteiger partial charge in [0.05, 0.1) is 19.3 Å². The number of nitrogens with one attached hydrogen (secondary N) is 1. The van der Waals surface area contributed by atoms with Gasteiger partial charge in [0.25, 0.3) is 0 Å². The van der Waals surface area contributed by atoms with Crippen LogP contribution in [0.15, 0.2) is 0 Å². The van der Waals surface area contributed by atoms with Crippen LogP contribution in [0.3, 0.4) is 0 Å². The third-order valence-corrected chi connectivity index (χ3v) is 2.07. The minimum Gasteiger partial charge on any atom is -0.395 e. The van der Waals surface area contributed by atoms with Gasteiger partial charge in [-0.05, 0) is 0 Å². The van der Waals surface area contributed by atoms with Gasteiger partial charge in [-0.25, -0.2) is 0 Å². The monoisotopic (exact) mass is 163 g/mol. The lowest BCUT2D eigenvalue weighted by Gasteiger charge is -2.24. The lowest BCUT2D eigenvalue weighted by atomic mass is 9.98. The Morgan fingerprint density at radius 3 is 2.36 bits per heavy atom. The summed E-state index contributed by atoms with van der Waals surface area (Å²) >= 11 is 0. The van der Waals surface area contributed by atoms with Gasteiger partial charge in [-0.1, -0.05) is 0 Å². The van der Waals surface area contributed by atoms with Crippen molar-refractivity contribution in [2.24, 2.45) is 0 Å². The molecule has 0 aromatic heterocycles. The van der Waals surface area contributed by atoms with Crippen molar-refractivity contribution in [2.75, 3.05) is 19.8 Å². The second-order valence-electron chi connectivity index (χ2n) is 2.88. The molecule has 0 aliphatic carbocycles. The smallest absolute Gasteiger partial charge is 0.127 e. The van der Waals surface area contributed by atoms with E-state index in [1.54, 1.807) is 0 Å². The predicted molar refractivity (Wildman–Crippen MR) is 36.9 cm³/mol. The molecular weight excluding hydrogens is 150 g/mol. The molecule has 0 aromatic carbocycles. The van der Waals surface area contributed by atoms with Gasteiger partial charge >= 0.3 is 0 Å². The molecule has 0 radical (unpaired) electrons. The van der Waals surface area contributed by atoms with E-state index in [1.807, 2.05) is 0 Å². The van der Waals surface area contributed by atoms with Crippen molar-refractivity contribution in [3.05, 3.63) is 0 Å². The molecule has 5 nitrogen and oxygen atoms in total. The highest BCUT2D eigenvalue weighted by atomic mass is 16.4. The number of hydrogen-bond donors (Lipinski definition) is 5. The van der Waals surface area contributed by atoms with Crippen molar-refractivity contribution < 1.29 is 20.4 Å². The molecular formula is C6H13NO4. The number of β-amino-alcohol motifs (C(OH)–C–C–N with tert-alkyl or cyclic N) is 1. The van der Waals surface area contributed by atoms with Crippen LogP contribution in [0.25, 0.3) is 0 Å². The first-order chi connectivity index (χ1) is 5.14. The van der Waals surface area contributed by atoms with Gasteiger partial charge in [0.2, 0.25) is 0 Å². The molecule has 1 aliphatic rings. The van der Waals surface area contributed by atoms with E-state index in [-0.39, 0.29) is 13.2 Å². The molecule has 66 valence electrons. The van der Waals surface area contributed by atoms with Gasteiger partial charge in [0, 0.05) is 6.54 Å². The Hall–Kier alpha value is -0.200. The lowest BCUT2D eigenvalue weighted by molar-refractivity contribution is -0.0842. The Morgan fingerprint density at radius 1 is 1.45 bits per heavy atom. The van der Waals surface area contributed by atoms with Crippen molar-refractivity contribution >= 4 is 0 Å². The summed E-state index contributed by atoms with van der Waals surface area (Å²) in [7, 11) is 0. The third kappa shape index (κ3) is 1.38. The minimum atomic E-state index is -1.49. The Balaban J connectivity index is 2.61. The van der Waals surface area contributed by atoms with E-state index in [1.165, 1.54) is 0 Å². The van der Waals surface area contributed by atoms with E-state index in [2.05, 4.69) is 5.32 Å². The minimum absolute atomic E-state index is 0.107. The molecule has 0 saturated carbocycles. The molecule has 1 aliphatic heterocycles. The molecule has 3 atom stereocenters. The maximum absolute atomic E-state index is 9.40. The molecule has 1 fully saturated rings. The van der Waals surface area contributed by atoms with Crippen LogP contribution in [0.4, 0.5) is 0 Å². The normalized spacial score (nSPS) is 44.7. The van der Waals surface area contributed by atoms with Crippen LogP contribution in [-0.4, -0.2) is 57.9 Å². The maximum Gasteiger partial charge on any atom is 0.127 e. The van der Waals surface area contributed by atoms with Crippen molar-refractivity contribution in [2.45, 2.75) is 17.7 Å². The average molecular weight is 163 g/mol. The molecule has 1 rings (SSSR count). The van der Waals surface area contributed by atoms with Gasteiger partial charge in [0.15, 0.2) is 0 Å². The SMILES string of the molecule is OC[C@@H]1NC[C@](O)(CO)[C@H]1O. The maximum atomic E-state index is 9.40. The van der Waals surface area contributed by atoms with Crippen LogP contribution >= 0.6 is 0 Å². The summed E-state index contributed by atoms with van der Waals surface area (Å²) in [6.07, 6.45) is -1.10. The number of aliphatic hydroxyl groups is 4. The zero-order valence-corrected chi connectivity index (χ0v) is 6.06. The number of rotatable bonds is 2. The zero-order chi connectivity index (χ0) is 8.48. The molecule has 5 N–H and O–H groups in total. The highest BCUT2D eigenvalue weighted by Gasteiger charge is 2.45. The van der Waals surface area contributed by atoms with Gasteiger partial charge in [-0.3, -0.25) is 0 Å². The van der Waals surface area contributed by atoms with Crippen molar-refractivity contribution in [3.8, 4) is 0 Å². The molecule has 0 amide bonds. The summed E-state index contributed by atoms with van der Waals surface area (Å²) in [5.74, 6) is 0. The van der Waals surface area contributed by atoms with Gasteiger partial charge < -0.3 is 25.7 Å². The largest absolute Gasteiger partial charge is 0.395 e. The Bertz CT molecular complexity index is 143. The molecule has 0 bridgehead atoms. The van der Waals surface area contributed by atoms with Crippen molar-refractivity contribution in [1.29, 1.82) is 0 Å². The zero-order valence-electron chi connectivity index (χ0n) is 6.06. The van der Waals surface area contributed by atoms with Crippen LogP contribution in [-0.2, 0) is 0 Å². The molecule has 0 spiro atoms. The van der Waals surface area contributed by atoms with E-state index in [0.29, 0.717) is 0 Å². The summed E-state index contributed by atoms with van der Waals surface area (Å²) in [5.41, 5.74) is -1.49. The highest BCUT2D eigenvalue weighted by molar-refractivity contribution is 5.01. The summed E-state index contributed by atoms with van der Waals surface area (Å²) in [5, 5.41) is 38.7. The summed E-state index contributed by atoms with van der Waals surface area (Å²) in [4.78, 5) is 0. The van der Waals surface area contributed by atoms with E-state index in [4.69, 9.17) is 10.2 Å². The Kier molecular flexibility index (Phi) is 2.46. The van der Waals surface area contributed by atoms with Crippen LogP contribution in [0.1, 0.15) is 0 Å². The van der Waals surface area contributed by atoms with E-state index >= 15 is 0 Å². The standard InChI is InChI=1S/C6H13NO4/c8-1-4-5(10)6(11,3-9)2-7-4/h4-5,7-11H,1-3H2/t4-,5-,6-/m0/s1. The third-order valence-electron chi connectivity index (χ3n) is 2.07. The van der Waals surface area contributed by atoms with Crippen LogP contribution in [0, 0.1) is 0 Å². The van der Waals surface area contributed by atoms with Crippen molar-refractivity contribution in [1.82, 2.24) is 5.32 Å². The van der Waals surface area contributed by atoms with Gasteiger partial charge in [-0.2, -0.15) is 0 Å². The summed E-state index contributed by atoms with van der Waals surface area (Å²) in [6.45, 7) is -0.642. The fourth-order valence-electron chi connectivity index (χ4n) is 1.21. The quantitative estimate of drug-likeness (QED) is 0.300. The van der Waals surface area contributed by atoms with Crippen LogP contribution < -0.4 is 5.32 Å². The predicted octanol–water partition coefficient (Wildman–Crippen LogP) is -2.97. The van der Waals surface area contributed by atoms with Gasteiger partial charge in [0.1, 0.15) is 11.7 Å². The Morgan fingerprint density at radius 2 is 2.09 bits per heavy atom. The first kappa shape index (κ1) is 8.89. The molecule has 0 aromatic rings. The van der Waals surface area contributed by atoms with Crippen LogP contribution in [0.5, 0.6) is 0 Å². The second-order valence-corrected chi connectivity index (χ2v) is 2.88. The molecule has 1 saturated heterocycles. The Labute approximate surface area is 64.3 Å². The van der Waals surface area contributed by atoms with E-state index < -0.39 is 24.4 Å². The second kappa shape index (κ2) is 3.04. The summed E-state index contributed by atoms with van der Waals surface area (Å²) in [6, 6.07) is -0.535. The van der Waals surface area contributed by atoms with E-state index in [9.17, 15) is 10.2 Å². The fourth-order valence-corrected chi connectivity index (χ4v) is 1.21. The highest BCUT2D eigenvalue weighted by Crippen LogP contribution is 2.18. The lowest BCUT2D eigenvalue weighted by Crippen LogP contribution is -2.47. The fraction of sp³-hybridized carbons (Fsp3) is 1.00. The average Bonchev–Trinajstić information content (AvgIpc) is 2.31. The number of aliphatic hydroxyl groups excluding tert-OH is 3. The molecule has 0 unspecified atom stereocenters. The van der Waals surface area contributed by atoms with Gasteiger partial charge in [-0.15, -0.1) is 0 Å². The van der Waals surface area contributed by atoms with Crippen LogP contribution in [0.2, 0.25) is 0 Å². The first-order valence-corrected chi connectivity index (χ1v) is 3.49. The van der Waals surface area contributed by atoms with Crippen molar-refractivity contribution in [3.63, 3.8) is 0 Å². The number of hydrogen-bond acceptors (Lipinski definition) is 5. The molecule has 1 heterocycles. The summed E-state index contributed by atoms with van der Waals surface area (Å²) < 4.78 is 0. The first-order valence-electron chi connectivity index (χ1n) is 3.49. The topological polar surface area (TPSA) is 93.0 Å². The van der Waals surface area contributed by atoms with E-state index in [0.717, 1.165) is 0 Å².